The quantitative estimate of drug-likeness (QED) is 0.331. The maximum atomic E-state index is 5.29. The number of piperidine rings is 1. The van der Waals surface area contributed by atoms with Crippen LogP contribution in [0.15, 0.2) is 27.0 Å². The Kier molecular flexibility index (Phi) is 9.49. The van der Waals surface area contributed by atoms with Crippen molar-refractivity contribution in [1.29, 1.82) is 0 Å². The van der Waals surface area contributed by atoms with Gasteiger partial charge in [-0.15, -0.1) is 35.3 Å². The zero-order valence-electron chi connectivity index (χ0n) is 16.9. The van der Waals surface area contributed by atoms with E-state index in [4.69, 9.17) is 4.52 Å². The molecule has 2 aromatic rings. The molecule has 0 bridgehead atoms. The van der Waals surface area contributed by atoms with E-state index in [1.807, 2.05) is 11.3 Å². The molecule has 0 unspecified atom stereocenters. The lowest BCUT2D eigenvalue weighted by atomic mass is 10.1. The summed E-state index contributed by atoms with van der Waals surface area (Å²) < 4.78 is 5.29. The molecule has 1 aliphatic rings. The molecule has 1 fully saturated rings. The van der Waals surface area contributed by atoms with Gasteiger partial charge in [0, 0.05) is 38.0 Å². The van der Waals surface area contributed by atoms with Crippen LogP contribution in [0.2, 0.25) is 0 Å². The Bertz CT molecular complexity index is 710. The molecule has 28 heavy (non-hydrogen) atoms. The SMILES string of the molecule is CCNC(=NCCc1nc(C(C)C)no1)NC1CCN(c2cccs2)CC1.I. The van der Waals surface area contributed by atoms with Gasteiger partial charge >= 0.3 is 0 Å². The van der Waals surface area contributed by atoms with Gasteiger partial charge in [0.1, 0.15) is 0 Å². The van der Waals surface area contributed by atoms with Crippen molar-refractivity contribution in [3.8, 4) is 0 Å². The molecule has 2 N–H and O–H groups in total. The second kappa shape index (κ2) is 11.6. The molecule has 156 valence electrons. The molecule has 2 aromatic heterocycles. The fourth-order valence-electron chi connectivity index (χ4n) is 3.07. The molecule has 7 nitrogen and oxygen atoms in total. The first-order valence-corrected chi connectivity index (χ1v) is 10.7. The molecule has 9 heteroatoms. The van der Waals surface area contributed by atoms with Crippen molar-refractivity contribution in [3.05, 3.63) is 29.2 Å². The lowest BCUT2D eigenvalue weighted by Crippen LogP contribution is -2.48. The minimum Gasteiger partial charge on any atom is -0.363 e. The van der Waals surface area contributed by atoms with Crippen molar-refractivity contribution in [1.82, 2.24) is 20.8 Å². The van der Waals surface area contributed by atoms with Crippen LogP contribution < -0.4 is 15.5 Å². The van der Waals surface area contributed by atoms with Gasteiger partial charge in [-0.1, -0.05) is 19.0 Å². The van der Waals surface area contributed by atoms with Gasteiger partial charge in [-0.05, 0) is 37.3 Å². The summed E-state index contributed by atoms with van der Waals surface area (Å²) in [6, 6.07) is 4.77. The molecule has 1 saturated heterocycles. The zero-order valence-corrected chi connectivity index (χ0v) is 20.0. The highest BCUT2D eigenvalue weighted by Gasteiger charge is 2.20. The maximum Gasteiger partial charge on any atom is 0.228 e. The van der Waals surface area contributed by atoms with Crippen molar-refractivity contribution >= 4 is 46.3 Å². The Morgan fingerprint density at radius 1 is 1.39 bits per heavy atom. The van der Waals surface area contributed by atoms with Crippen LogP contribution in [0.25, 0.3) is 0 Å². The van der Waals surface area contributed by atoms with Crippen LogP contribution in [-0.4, -0.2) is 48.3 Å². The molecule has 0 aromatic carbocycles. The first-order chi connectivity index (χ1) is 13.2. The summed E-state index contributed by atoms with van der Waals surface area (Å²) >= 11 is 1.81. The highest BCUT2D eigenvalue weighted by Crippen LogP contribution is 2.24. The Morgan fingerprint density at radius 2 is 2.18 bits per heavy atom. The third-order valence-corrected chi connectivity index (χ3v) is 5.52. The number of guanidine groups is 1. The smallest absolute Gasteiger partial charge is 0.228 e. The normalized spacial score (nSPS) is 15.6. The molecule has 3 rings (SSSR count). The Hall–Kier alpha value is -1.36. The van der Waals surface area contributed by atoms with Crippen LogP contribution in [-0.2, 0) is 6.42 Å². The fraction of sp³-hybridized carbons (Fsp3) is 0.632. The first kappa shape index (κ1) is 22.9. The molecule has 0 radical (unpaired) electrons. The monoisotopic (exact) mass is 518 g/mol. The van der Waals surface area contributed by atoms with E-state index < -0.39 is 0 Å². The summed E-state index contributed by atoms with van der Waals surface area (Å²) in [5, 5.41) is 14.4. The van der Waals surface area contributed by atoms with Gasteiger partial charge in [0.2, 0.25) is 5.89 Å². The lowest BCUT2D eigenvalue weighted by molar-refractivity contribution is 0.372. The second-order valence-corrected chi connectivity index (χ2v) is 7.99. The van der Waals surface area contributed by atoms with E-state index in [-0.39, 0.29) is 29.9 Å². The van der Waals surface area contributed by atoms with Crippen molar-refractivity contribution < 1.29 is 4.52 Å². The van der Waals surface area contributed by atoms with Crippen LogP contribution in [0.1, 0.15) is 51.2 Å². The van der Waals surface area contributed by atoms with E-state index in [0.29, 0.717) is 24.9 Å². The number of halogens is 1. The first-order valence-electron chi connectivity index (χ1n) is 9.81. The summed E-state index contributed by atoms with van der Waals surface area (Å²) in [5.74, 6) is 2.57. The van der Waals surface area contributed by atoms with Crippen molar-refractivity contribution in [3.63, 3.8) is 0 Å². The van der Waals surface area contributed by atoms with Crippen LogP contribution in [0.4, 0.5) is 5.00 Å². The second-order valence-electron chi connectivity index (χ2n) is 7.07. The van der Waals surface area contributed by atoms with Gasteiger partial charge < -0.3 is 20.1 Å². The Labute approximate surface area is 188 Å². The molecule has 1 aliphatic heterocycles. The number of hydrogen-bond acceptors (Lipinski definition) is 6. The Morgan fingerprint density at radius 3 is 2.79 bits per heavy atom. The Balaban J connectivity index is 0.00000280. The van der Waals surface area contributed by atoms with Gasteiger partial charge in [-0.2, -0.15) is 4.98 Å². The van der Waals surface area contributed by atoms with E-state index in [1.165, 1.54) is 5.00 Å². The highest BCUT2D eigenvalue weighted by atomic mass is 127. The number of aliphatic imine (C=N–C) groups is 1. The molecule has 0 aliphatic carbocycles. The van der Waals surface area contributed by atoms with E-state index in [9.17, 15) is 0 Å². The summed E-state index contributed by atoms with van der Waals surface area (Å²) in [4.78, 5) is 11.6. The molecule has 0 saturated carbocycles. The van der Waals surface area contributed by atoms with Gasteiger partial charge in [-0.3, -0.25) is 4.99 Å². The average molecular weight is 518 g/mol. The number of nitrogens with one attached hydrogen (secondary N) is 2. The summed E-state index contributed by atoms with van der Waals surface area (Å²) in [7, 11) is 0. The summed E-state index contributed by atoms with van der Waals surface area (Å²) in [5.41, 5.74) is 0. The van der Waals surface area contributed by atoms with Crippen molar-refractivity contribution in [2.45, 2.75) is 52.0 Å². The summed E-state index contributed by atoms with van der Waals surface area (Å²) in [6.07, 6.45) is 2.89. The van der Waals surface area contributed by atoms with Crippen LogP contribution in [0, 0.1) is 0 Å². The lowest BCUT2D eigenvalue weighted by Gasteiger charge is -2.33. The number of anilines is 1. The van der Waals surface area contributed by atoms with E-state index >= 15 is 0 Å². The molecular formula is C19H31IN6OS. The highest BCUT2D eigenvalue weighted by molar-refractivity contribution is 14.0. The van der Waals surface area contributed by atoms with E-state index in [0.717, 1.165) is 44.3 Å². The minimum atomic E-state index is 0. The zero-order chi connectivity index (χ0) is 19.1. The van der Waals surface area contributed by atoms with Crippen LogP contribution in [0.3, 0.4) is 0 Å². The van der Waals surface area contributed by atoms with Crippen LogP contribution in [0.5, 0.6) is 0 Å². The third-order valence-electron chi connectivity index (χ3n) is 4.59. The maximum absolute atomic E-state index is 5.29. The van der Waals surface area contributed by atoms with Gasteiger partial charge in [0.25, 0.3) is 0 Å². The summed E-state index contributed by atoms with van der Waals surface area (Å²) in [6.45, 7) is 9.84. The molecule has 0 atom stereocenters. The third kappa shape index (κ3) is 6.61. The number of thiophene rings is 1. The van der Waals surface area contributed by atoms with Gasteiger partial charge in [0.15, 0.2) is 11.8 Å². The molecular weight excluding hydrogens is 487 g/mol. The fourth-order valence-corrected chi connectivity index (χ4v) is 3.86. The van der Waals surface area contributed by atoms with Crippen LogP contribution >= 0.6 is 35.3 Å². The molecule has 0 spiro atoms. The molecule has 0 amide bonds. The number of rotatable bonds is 7. The van der Waals surface area contributed by atoms with Gasteiger partial charge in [-0.25, -0.2) is 0 Å². The van der Waals surface area contributed by atoms with Crippen molar-refractivity contribution in [2.75, 3.05) is 31.1 Å². The number of hydrogen-bond donors (Lipinski definition) is 2. The average Bonchev–Trinajstić information content (AvgIpc) is 3.35. The topological polar surface area (TPSA) is 78.6 Å². The van der Waals surface area contributed by atoms with E-state index in [1.54, 1.807) is 0 Å². The number of nitrogens with zero attached hydrogens (tertiary/aromatic N) is 4. The number of aromatic nitrogens is 2. The standard InChI is InChI=1S/C19H30N6OS.HI/c1-4-20-19(21-10-7-16-23-18(14(2)3)24-26-16)22-15-8-11-25(12-9-15)17-6-5-13-27-17;/h5-6,13-15H,4,7-12H2,1-3H3,(H2,20,21,22);1H. The van der Waals surface area contributed by atoms with E-state index in [2.05, 4.69) is 69.0 Å². The molecule has 3 heterocycles. The van der Waals surface area contributed by atoms with Crippen molar-refractivity contribution in [2.24, 2.45) is 4.99 Å². The largest absolute Gasteiger partial charge is 0.363 e. The minimum absolute atomic E-state index is 0. The predicted molar refractivity (Wildman–Crippen MR) is 126 cm³/mol. The predicted octanol–water partition coefficient (Wildman–Crippen LogP) is 3.64. The van der Waals surface area contributed by atoms with Gasteiger partial charge in [0.05, 0.1) is 11.5 Å².